The van der Waals surface area contributed by atoms with Gasteiger partial charge in [-0.1, -0.05) is 29.8 Å². The van der Waals surface area contributed by atoms with E-state index < -0.39 is 6.04 Å². The van der Waals surface area contributed by atoms with E-state index in [9.17, 15) is 9.59 Å². The molecule has 0 saturated carbocycles. The minimum Gasteiger partial charge on any atom is -0.495 e. The number of amides is 2. The van der Waals surface area contributed by atoms with Crippen LogP contribution in [0.2, 0.25) is 5.02 Å². The predicted molar refractivity (Wildman–Crippen MR) is 99.0 cm³/mol. The molecule has 0 spiro atoms. The highest BCUT2D eigenvalue weighted by atomic mass is 35.5. The van der Waals surface area contributed by atoms with E-state index in [-0.39, 0.29) is 18.2 Å². The van der Waals surface area contributed by atoms with Crippen molar-refractivity contribution < 1.29 is 14.3 Å². The van der Waals surface area contributed by atoms with Gasteiger partial charge in [0.25, 0.3) is 0 Å². The molecule has 6 heteroatoms. The Morgan fingerprint density at radius 3 is 2.60 bits per heavy atom. The van der Waals surface area contributed by atoms with E-state index in [0.29, 0.717) is 16.5 Å². The Morgan fingerprint density at radius 1 is 1.20 bits per heavy atom. The molecule has 0 saturated heterocycles. The van der Waals surface area contributed by atoms with Gasteiger partial charge in [0.05, 0.1) is 25.3 Å². The average Bonchev–Trinajstić information content (AvgIpc) is 2.54. The number of ether oxygens (including phenoxy) is 1. The highest BCUT2D eigenvalue weighted by Crippen LogP contribution is 2.27. The lowest BCUT2D eigenvalue weighted by Crippen LogP contribution is -2.29. The Kier molecular flexibility index (Phi) is 6.42. The van der Waals surface area contributed by atoms with Gasteiger partial charge in [-0.3, -0.25) is 9.59 Å². The van der Waals surface area contributed by atoms with Crippen LogP contribution < -0.4 is 15.4 Å². The van der Waals surface area contributed by atoms with E-state index in [4.69, 9.17) is 16.3 Å². The molecule has 0 aliphatic heterocycles. The summed E-state index contributed by atoms with van der Waals surface area (Å²) in [6.07, 6.45) is 0.0804. The molecule has 2 rings (SSSR count). The Hall–Kier alpha value is -2.53. The number of halogens is 1. The number of benzene rings is 2. The van der Waals surface area contributed by atoms with Crippen LogP contribution in [0.5, 0.6) is 5.75 Å². The van der Waals surface area contributed by atoms with E-state index in [1.165, 1.54) is 6.92 Å². The molecule has 2 N–H and O–H groups in total. The maximum absolute atomic E-state index is 12.5. The fourth-order valence-corrected chi connectivity index (χ4v) is 2.73. The Balaban J connectivity index is 2.17. The van der Waals surface area contributed by atoms with Crippen molar-refractivity contribution in [2.75, 3.05) is 12.4 Å². The lowest BCUT2D eigenvalue weighted by molar-refractivity contribution is -0.120. The van der Waals surface area contributed by atoms with E-state index in [2.05, 4.69) is 10.6 Å². The topological polar surface area (TPSA) is 67.4 Å². The zero-order valence-corrected chi connectivity index (χ0v) is 15.2. The van der Waals surface area contributed by atoms with Crippen LogP contribution in [-0.2, 0) is 9.59 Å². The predicted octanol–water partition coefficient (Wildman–Crippen LogP) is 3.86. The number of hydrogen-bond acceptors (Lipinski definition) is 3. The Morgan fingerprint density at radius 2 is 1.96 bits per heavy atom. The molecule has 25 heavy (non-hydrogen) atoms. The summed E-state index contributed by atoms with van der Waals surface area (Å²) in [5.74, 6) is 0.131. The highest BCUT2D eigenvalue weighted by molar-refractivity contribution is 6.30. The van der Waals surface area contributed by atoms with Crippen LogP contribution in [0.15, 0.2) is 42.5 Å². The average molecular weight is 361 g/mol. The van der Waals surface area contributed by atoms with Crippen LogP contribution in [0.25, 0.3) is 0 Å². The first-order chi connectivity index (χ1) is 11.9. The van der Waals surface area contributed by atoms with Gasteiger partial charge < -0.3 is 15.4 Å². The molecule has 0 aliphatic rings. The molecular formula is C19H21ClN2O3. The summed E-state index contributed by atoms with van der Waals surface area (Å²) in [5, 5.41) is 6.18. The van der Waals surface area contributed by atoms with Gasteiger partial charge in [-0.15, -0.1) is 0 Å². The Bertz CT molecular complexity index is 777. The van der Waals surface area contributed by atoms with Gasteiger partial charge >= 0.3 is 0 Å². The molecular weight excluding hydrogens is 340 g/mol. The van der Waals surface area contributed by atoms with Gasteiger partial charge in [-0.05, 0) is 42.3 Å². The largest absolute Gasteiger partial charge is 0.495 e. The maximum atomic E-state index is 12.5. The van der Waals surface area contributed by atoms with Gasteiger partial charge in [0, 0.05) is 11.9 Å². The lowest BCUT2D eigenvalue weighted by atomic mass is 10.0. The molecule has 2 aromatic rings. The van der Waals surface area contributed by atoms with Crippen molar-refractivity contribution in [1.29, 1.82) is 0 Å². The molecule has 2 aromatic carbocycles. The van der Waals surface area contributed by atoms with Crippen LogP contribution >= 0.6 is 11.6 Å². The molecule has 0 heterocycles. The van der Waals surface area contributed by atoms with Crippen LogP contribution in [-0.4, -0.2) is 18.9 Å². The van der Waals surface area contributed by atoms with Crippen LogP contribution in [0, 0.1) is 6.92 Å². The fraction of sp³-hybridized carbons (Fsp3) is 0.263. The van der Waals surface area contributed by atoms with Crippen molar-refractivity contribution in [3.8, 4) is 5.75 Å². The van der Waals surface area contributed by atoms with Gasteiger partial charge in [0.1, 0.15) is 5.75 Å². The normalized spacial score (nSPS) is 11.5. The van der Waals surface area contributed by atoms with E-state index in [1.807, 2.05) is 25.1 Å². The zero-order valence-electron chi connectivity index (χ0n) is 14.4. The van der Waals surface area contributed by atoms with Crippen molar-refractivity contribution in [2.24, 2.45) is 0 Å². The Labute approximate surface area is 152 Å². The van der Waals surface area contributed by atoms with Crippen LogP contribution in [0.4, 0.5) is 5.69 Å². The minimum atomic E-state index is -0.466. The maximum Gasteiger partial charge on any atom is 0.226 e. The summed E-state index contributed by atoms with van der Waals surface area (Å²) in [6, 6.07) is 12.2. The number of aryl methyl sites for hydroxylation is 1. The SMILES string of the molecule is COc1ccc(C)cc1NC(=O)CC(NC(C)=O)c1cccc(Cl)c1. The number of hydrogen-bond donors (Lipinski definition) is 2. The number of anilines is 1. The minimum absolute atomic E-state index is 0.0804. The van der Waals surface area contributed by atoms with Crippen molar-refractivity contribution in [3.63, 3.8) is 0 Å². The summed E-state index contributed by atoms with van der Waals surface area (Å²) < 4.78 is 5.27. The van der Waals surface area contributed by atoms with E-state index in [1.54, 1.807) is 31.4 Å². The third-order valence-corrected chi connectivity index (χ3v) is 3.88. The number of methoxy groups -OCH3 is 1. The fourth-order valence-electron chi connectivity index (χ4n) is 2.53. The zero-order chi connectivity index (χ0) is 18.4. The lowest BCUT2D eigenvalue weighted by Gasteiger charge is -2.19. The number of nitrogens with one attached hydrogen (secondary N) is 2. The monoisotopic (exact) mass is 360 g/mol. The second-order valence-electron chi connectivity index (χ2n) is 5.76. The summed E-state index contributed by atoms with van der Waals surface area (Å²) in [5.41, 5.74) is 2.37. The molecule has 0 fully saturated rings. The second kappa shape index (κ2) is 8.53. The molecule has 5 nitrogen and oxygen atoms in total. The molecule has 1 atom stereocenters. The summed E-state index contributed by atoms with van der Waals surface area (Å²) in [6.45, 7) is 3.35. The van der Waals surface area contributed by atoms with Gasteiger partial charge in [-0.2, -0.15) is 0 Å². The molecule has 0 aromatic heterocycles. The standard InChI is InChI=1S/C19H21ClN2O3/c1-12-7-8-18(25-3)17(9-12)22-19(24)11-16(21-13(2)23)14-5-4-6-15(20)10-14/h4-10,16H,11H2,1-3H3,(H,21,23)(H,22,24). The summed E-state index contributed by atoms with van der Waals surface area (Å²) in [7, 11) is 1.55. The van der Waals surface area contributed by atoms with Crippen molar-refractivity contribution in [2.45, 2.75) is 26.3 Å². The highest BCUT2D eigenvalue weighted by Gasteiger charge is 2.18. The van der Waals surface area contributed by atoms with Gasteiger partial charge in [-0.25, -0.2) is 0 Å². The van der Waals surface area contributed by atoms with Gasteiger partial charge in [0.2, 0.25) is 11.8 Å². The molecule has 2 amide bonds. The number of carbonyl (C=O) groups is 2. The molecule has 0 bridgehead atoms. The number of carbonyl (C=O) groups excluding carboxylic acids is 2. The number of rotatable bonds is 6. The second-order valence-corrected chi connectivity index (χ2v) is 6.20. The third kappa shape index (κ3) is 5.50. The first kappa shape index (κ1) is 18.8. The summed E-state index contributed by atoms with van der Waals surface area (Å²) in [4.78, 5) is 24.0. The molecule has 132 valence electrons. The molecule has 1 unspecified atom stereocenters. The van der Waals surface area contributed by atoms with Crippen molar-refractivity contribution >= 4 is 29.1 Å². The molecule has 0 radical (unpaired) electrons. The molecule has 0 aliphatic carbocycles. The van der Waals surface area contributed by atoms with Gasteiger partial charge in [0.15, 0.2) is 0 Å². The van der Waals surface area contributed by atoms with Crippen LogP contribution in [0.3, 0.4) is 0 Å². The van der Waals surface area contributed by atoms with Crippen molar-refractivity contribution in [1.82, 2.24) is 5.32 Å². The first-order valence-electron chi connectivity index (χ1n) is 7.86. The smallest absolute Gasteiger partial charge is 0.226 e. The summed E-state index contributed by atoms with van der Waals surface area (Å²) >= 11 is 6.02. The third-order valence-electron chi connectivity index (χ3n) is 3.65. The first-order valence-corrected chi connectivity index (χ1v) is 8.24. The van der Waals surface area contributed by atoms with Crippen molar-refractivity contribution in [3.05, 3.63) is 58.6 Å². The quantitative estimate of drug-likeness (QED) is 0.821. The van der Waals surface area contributed by atoms with E-state index >= 15 is 0 Å². The van der Waals surface area contributed by atoms with E-state index in [0.717, 1.165) is 11.1 Å². The van der Waals surface area contributed by atoms with Crippen LogP contribution in [0.1, 0.15) is 30.5 Å².